The number of nitrogens with zero attached hydrogens (tertiary/aromatic N) is 2. The van der Waals surface area contributed by atoms with E-state index in [1.807, 2.05) is 16.7 Å². The minimum absolute atomic E-state index is 0.192. The quantitative estimate of drug-likeness (QED) is 0.898. The van der Waals surface area contributed by atoms with E-state index < -0.39 is 0 Å². The first-order chi connectivity index (χ1) is 9.18. The lowest BCUT2D eigenvalue weighted by Crippen LogP contribution is -2.25. The van der Waals surface area contributed by atoms with Crippen LogP contribution in [0.1, 0.15) is 37.0 Å². The van der Waals surface area contributed by atoms with Crippen molar-refractivity contribution in [2.45, 2.75) is 32.7 Å². The molecule has 1 N–H and O–H groups in total. The Morgan fingerprint density at radius 3 is 2.84 bits per heavy atom. The molecule has 1 aliphatic rings. The van der Waals surface area contributed by atoms with E-state index in [-0.39, 0.29) is 11.7 Å². The summed E-state index contributed by atoms with van der Waals surface area (Å²) >= 11 is 0. The van der Waals surface area contributed by atoms with Crippen molar-refractivity contribution in [3.63, 3.8) is 0 Å². The molecule has 0 bridgehead atoms. The Bertz CT molecular complexity index is 601. The van der Waals surface area contributed by atoms with Crippen LogP contribution < -0.4 is 5.32 Å². The number of fused-ring (bicyclic) bond motifs is 1. The van der Waals surface area contributed by atoms with Crippen molar-refractivity contribution in [3.8, 4) is 5.69 Å². The van der Waals surface area contributed by atoms with Crippen LogP contribution in [-0.2, 0) is 13.0 Å². The molecule has 100 valence electrons. The molecule has 0 amide bonds. The molecule has 1 aromatic carbocycles. The summed E-state index contributed by atoms with van der Waals surface area (Å²) in [6, 6.07) is 6.92. The Labute approximate surface area is 112 Å². The molecular weight excluding hydrogens is 241 g/mol. The van der Waals surface area contributed by atoms with Crippen molar-refractivity contribution in [1.82, 2.24) is 14.9 Å². The summed E-state index contributed by atoms with van der Waals surface area (Å²) in [5, 5.41) is 3.32. The lowest BCUT2D eigenvalue weighted by molar-refractivity contribution is 0.595. The molecule has 0 fully saturated rings. The van der Waals surface area contributed by atoms with E-state index in [0.717, 1.165) is 36.7 Å². The van der Waals surface area contributed by atoms with Crippen LogP contribution in [0.15, 0.2) is 24.3 Å². The summed E-state index contributed by atoms with van der Waals surface area (Å²) in [6.07, 6.45) is 0.892. The van der Waals surface area contributed by atoms with Crippen molar-refractivity contribution in [1.29, 1.82) is 0 Å². The topological polar surface area (TPSA) is 29.9 Å². The number of halogens is 1. The molecule has 3 rings (SSSR count). The zero-order valence-electron chi connectivity index (χ0n) is 11.3. The van der Waals surface area contributed by atoms with E-state index in [4.69, 9.17) is 4.98 Å². The van der Waals surface area contributed by atoms with Gasteiger partial charge in [-0.1, -0.05) is 26.0 Å². The fourth-order valence-corrected chi connectivity index (χ4v) is 2.62. The fraction of sp³-hybridized carbons (Fsp3) is 0.400. The first kappa shape index (κ1) is 12.4. The van der Waals surface area contributed by atoms with Crippen molar-refractivity contribution in [3.05, 3.63) is 47.3 Å². The van der Waals surface area contributed by atoms with Gasteiger partial charge in [-0.05, 0) is 12.1 Å². The highest BCUT2D eigenvalue weighted by molar-refractivity contribution is 5.40. The molecular formula is C15H18FN3. The average molecular weight is 259 g/mol. The number of rotatable bonds is 2. The summed E-state index contributed by atoms with van der Waals surface area (Å²) in [5.41, 5.74) is 2.81. The molecule has 0 radical (unpaired) electrons. The highest BCUT2D eigenvalue weighted by atomic mass is 19.1. The third kappa shape index (κ3) is 2.06. The standard InChI is InChI=1S/C15H18FN3/c1-10(2)15-18-12-9-17-8-7-14(12)19(15)13-6-4-3-5-11(13)16/h3-6,10,17H,7-9H2,1-2H3. The van der Waals surface area contributed by atoms with Crippen LogP contribution in [0.25, 0.3) is 5.69 Å². The molecule has 0 saturated carbocycles. The maximum atomic E-state index is 14.1. The normalized spacial score (nSPS) is 14.7. The number of imidazole rings is 1. The molecule has 0 unspecified atom stereocenters. The van der Waals surface area contributed by atoms with Crippen LogP contribution >= 0.6 is 0 Å². The number of hydrogen-bond donors (Lipinski definition) is 1. The van der Waals surface area contributed by atoms with Gasteiger partial charge in [0.2, 0.25) is 0 Å². The number of nitrogens with one attached hydrogen (secondary N) is 1. The Morgan fingerprint density at radius 2 is 2.11 bits per heavy atom. The maximum Gasteiger partial charge on any atom is 0.147 e. The van der Waals surface area contributed by atoms with E-state index >= 15 is 0 Å². The molecule has 0 saturated heterocycles. The predicted octanol–water partition coefficient (Wildman–Crippen LogP) is 2.78. The Morgan fingerprint density at radius 1 is 1.32 bits per heavy atom. The second kappa shape index (κ2) is 4.78. The number of hydrogen-bond acceptors (Lipinski definition) is 2. The Hall–Kier alpha value is -1.68. The van der Waals surface area contributed by atoms with Gasteiger partial charge in [-0.3, -0.25) is 4.57 Å². The molecule has 0 atom stereocenters. The minimum Gasteiger partial charge on any atom is -0.311 e. The average Bonchev–Trinajstić information content (AvgIpc) is 2.79. The molecule has 1 aromatic heterocycles. The SMILES string of the molecule is CC(C)c1nc2c(n1-c1ccccc1F)CCNC2. The van der Waals surface area contributed by atoms with Gasteiger partial charge >= 0.3 is 0 Å². The lowest BCUT2D eigenvalue weighted by Gasteiger charge is -2.17. The van der Waals surface area contributed by atoms with Gasteiger partial charge in [-0.25, -0.2) is 9.37 Å². The second-order valence-corrected chi connectivity index (χ2v) is 5.23. The zero-order chi connectivity index (χ0) is 13.4. The van der Waals surface area contributed by atoms with Gasteiger partial charge in [0.15, 0.2) is 0 Å². The molecule has 19 heavy (non-hydrogen) atoms. The highest BCUT2D eigenvalue weighted by Crippen LogP contribution is 2.27. The van der Waals surface area contributed by atoms with Gasteiger partial charge in [0, 0.05) is 31.1 Å². The summed E-state index contributed by atoms with van der Waals surface area (Å²) < 4.78 is 16.1. The third-order valence-corrected chi connectivity index (χ3v) is 3.52. The van der Waals surface area contributed by atoms with Crippen LogP contribution in [0, 0.1) is 5.82 Å². The zero-order valence-corrected chi connectivity index (χ0v) is 11.3. The van der Waals surface area contributed by atoms with Gasteiger partial charge in [0.1, 0.15) is 11.6 Å². The maximum absolute atomic E-state index is 14.1. The largest absolute Gasteiger partial charge is 0.311 e. The predicted molar refractivity (Wildman–Crippen MR) is 73.0 cm³/mol. The molecule has 4 heteroatoms. The van der Waals surface area contributed by atoms with E-state index in [1.165, 1.54) is 6.07 Å². The van der Waals surface area contributed by atoms with E-state index in [9.17, 15) is 4.39 Å². The second-order valence-electron chi connectivity index (χ2n) is 5.23. The summed E-state index contributed by atoms with van der Waals surface area (Å²) in [4.78, 5) is 4.70. The van der Waals surface area contributed by atoms with Crippen LogP contribution in [0.2, 0.25) is 0 Å². The van der Waals surface area contributed by atoms with Gasteiger partial charge in [-0.15, -0.1) is 0 Å². The molecule has 0 aliphatic carbocycles. The molecule has 3 nitrogen and oxygen atoms in total. The van der Waals surface area contributed by atoms with E-state index in [1.54, 1.807) is 6.07 Å². The van der Waals surface area contributed by atoms with E-state index in [0.29, 0.717) is 5.69 Å². The van der Waals surface area contributed by atoms with Crippen molar-refractivity contribution in [2.24, 2.45) is 0 Å². The van der Waals surface area contributed by atoms with E-state index in [2.05, 4.69) is 19.2 Å². The Kier molecular flexibility index (Phi) is 3.11. The molecule has 1 aliphatic heterocycles. The van der Waals surface area contributed by atoms with Gasteiger partial charge in [0.05, 0.1) is 11.4 Å². The summed E-state index contributed by atoms with van der Waals surface area (Å²) in [5.74, 6) is 1.02. The molecule has 2 heterocycles. The van der Waals surface area contributed by atoms with Gasteiger partial charge < -0.3 is 5.32 Å². The molecule has 0 spiro atoms. The Balaban J connectivity index is 2.24. The van der Waals surface area contributed by atoms with Crippen molar-refractivity contribution < 1.29 is 4.39 Å². The van der Waals surface area contributed by atoms with Crippen LogP contribution in [0.4, 0.5) is 4.39 Å². The lowest BCUT2D eigenvalue weighted by atomic mass is 10.1. The third-order valence-electron chi connectivity index (χ3n) is 3.52. The first-order valence-electron chi connectivity index (χ1n) is 6.74. The fourth-order valence-electron chi connectivity index (χ4n) is 2.62. The van der Waals surface area contributed by atoms with Crippen molar-refractivity contribution in [2.75, 3.05) is 6.54 Å². The van der Waals surface area contributed by atoms with Crippen LogP contribution in [0.3, 0.4) is 0 Å². The number of para-hydroxylation sites is 1. The minimum atomic E-state index is -0.192. The van der Waals surface area contributed by atoms with Crippen LogP contribution in [-0.4, -0.2) is 16.1 Å². The van der Waals surface area contributed by atoms with Gasteiger partial charge in [-0.2, -0.15) is 0 Å². The number of benzene rings is 1. The number of aromatic nitrogens is 2. The summed E-state index contributed by atoms with van der Waals surface area (Å²) in [7, 11) is 0. The highest BCUT2D eigenvalue weighted by Gasteiger charge is 2.23. The van der Waals surface area contributed by atoms with Crippen LogP contribution in [0.5, 0.6) is 0 Å². The smallest absolute Gasteiger partial charge is 0.147 e. The van der Waals surface area contributed by atoms with Crippen molar-refractivity contribution >= 4 is 0 Å². The van der Waals surface area contributed by atoms with Gasteiger partial charge in [0.25, 0.3) is 0 Å². The summed E-state index contributed by atoms with van der Waals surface area (Å²) in [6.45, 7) is 5.89. The first-order valence-corrected chi connectivity index (χ1v) is 6.74. The molecule has 2 aromatic rings. The monoisotopic (exact) mass is 259 g/mol.